The van der Waals surface area contributed by atoms with Crippen LogP contribution < -0.4 is 25.6 Å². The second-order valence-electron chi connectivity index (χ2n) is 8.75. The van der Waals surface area contributed by atoms with Crippen molar-refractivity contribution in [3.8, 4) is 5.75 Å². The van der Waals surface area contributed by atoms with E-state index in [1.165, 1.54) is 13.0 Å². The Balaban J connectivity index is 2.22. The molecule has 1 aromatic carbocycles. The molecule has 0 aliphatic carbocycles. The summed E-state index contributed by atoms with van der Waals surface area (Å²) in [5.41, 5.74) is -3.36. The minimum atomic E-state index is -6.02. The second kappa shape index (κ2) is 13.3. The van der Waals surface area contributed by atoms with Crippen LogP contribution in [-0.4, -0.2) is 91.6 Å². The number of carbonyl (C=O) groups is 4. The molecule has 2 rings (SSSR count). The van der Waals surface area contributed by atoms with Gasteiger partial charge in [0.2, 0.25) is 5.60 Å². The summed E-state index contributed by atoms with van der Waals surface area (Å²) in [4.78, 5) is 51.0. The number of amides is 4. The van der Waals surface area contributed by atoms with E-state index in [2.05, 4.69) is 22.1 Å². The van der Waals surface area contributed by atoms with Crippen LogP contribution in [-0.2, 0) is 31.5 Å². The van der Waals surface area contributed by atoms with Crippen molar-refractivity contribution < 1.29 is 60.1 Å². The molecule has 0 fully saturated rings. The van der Waals surface area contributed by atoms with Gasteiger partial charge in [-0.3, -0.25) is 14.4 Å². The molecule has 1 aromatic rings. The summed E-state index contributed by atoms with van der Waals surface area (Å²) < 4.78 is 91.5. The highest BCUT2D eigenvalue weighted by atomic mass is 32.1. The first kappa shape index (κ1) is 33.5. The Labute approximate surface area is 233 Å². The Kier molecular flexibility index (Phi) is 10.8. The average Bonchev–Trinajstić information content (AvgIpc) is 2.96. The van der Waals surface area contributed by atoms with Crippen molar-refractivity contribution in [2.45, 2.75) is 43.7 Å². The summed E-state index contributed by atoms with van der Waals surface area (Å²) in [5, 5.41) is 15.8. The van der Waals surface area contributed by atoms with Gasteiger partial charge in [-0.25, -0.2) is 13.5 Å². The molecule has 12 nitrogen and oxygen atoms in total. The van der Waals surface area contributed by atoms with E-state index in [4.69, 9.17) is 9.47 Å². The molecule has 1 heterocycles. The first-order valence-electron chi connectivity index (χ1n) is 11.7. The lowest BCUT2D eigenvalue weighted by Crippen LogP contribution is -2.63. The molecule has 0 saturated heterocycles. The summed E-state index contributed by atoms with van der Waals surface area (Å²) in [7, 11) is 0. The van der Waals surface area contributed by atoms with Crippen LogP contribution in [0.2, 0.25) is 0 Å². The van der Waals surface area contributed by atoms with Gasteiger partial charge in [0.05, 0.1) is 25.3 Å². The zero-order valence-electron chi connectivity index (χ0n) is 21.4. The number of hydrogen-bond acceptors (Lipinski definition) is 9. The number of carbonyl (C=O) groups excluding carboxylic acids is 4. The van der Waals surface area contributed by atoms with Crippen molar-refractivity contribution in [2.75, 3.05) is 37.7 Å². The van der Waals surface area contributed by atoms with Gasteiger partial charge < -0.3 is 35.4 Å². The van der Waals surface area contributed by atoms with Gasteiger partial charge in [0, 0.05) is 25.0 Å². The zero-order valence-corrected chi connectivity index (χ0v) is 22.2. The second-order valence-corrected chi connectivity index (χ2v) is 9.01. The van der Waals surface area contributed by atoms with Crippen LogP contribution in [0.15, 0.2) is 22.6 Å². The topological polar surface area (TPSA) is 159 Å². The Morgan fingerprint density at radius 2 is 1.83 bits per heavy atom. The number of rotatable bonds is 11. The molecular weight excluding hydrogens is 592 g/mol. The van der Waals surface area contributed by atoms with E-state index in [0.29, 0.717) is 6.92 Å². The van der Waals surface area contributed by atoms with Crippen LogP contribution in [0.5, 0.6) is 5.75 Å². The van der Waals surface area contributed by atoms with Crippen LogP contribution in [0.1, 0.15) is 13.8 Å². The fourth-order valence-corrected chi connectivity index (χ4v) is 3.39. The molecule has 3 atom stereocenters. The smallest absolute Gasteiger partial charge is 0.455 e. The molecule has 1 aliphatic rings. The predicted molar refractivity (Wildman–Crippen MR) is 129 cm³/mol. The van der Waals surface area contributed by atoms with E-state index in [0.717, 1.165) is 22.3 Å². The number of alkyl halides is 5. The predicted octanol–water partition coefficient (Wildman–Crippen LogP) is 0.946. The van der Waals surface area contributed by atoms with E-state index in [9.17, 15) is 50.6 Å². The lowest BCUT2D eigenvalue weighted by Gasteiger charge is -2.29. The van der Waals surface area contributed by atoms with E-state index in [1.54, 1.807) is 0 Å². The Morgan fingerprint density at radius 1 is 1.17 bits per heavy atom. The van der Waals surface area contributed by atoms with Crippen LogP contribution in [0.25, 0.3) is 0 Å². The number of nitrogens with one attached hydrogen (secondary N) is 3. The minimum Gasteiger partial charge on any atom is -0.486 e. The normalized spacial score (nSPS) is 18.7. The van der Waals surface area contributed by atoms with Crippen LogP contribution in [0.4, 0.5) is 36.8 Å². The highest BCUT2D eigenvalue weighted by molar-refractivity contribution is 7.47. The number of nitrogens with zero attached hydrogens (tertiary/aromatic N) is 2. The molecule has 1 aliphatic heterocycles. The van der Waals surface area contributed by atoms with Crippen LogP contribution in [0, 0.1) is 5.82 Å². The van der Waals surface area contributed by atoms with E-state index < -0.39 is 79.2 Å². The molecule has 1 unspecified atom stereocenters. The Bertz CT molecular complexity index is 1170. The summed E-state index contributed by atoms with van der Waals surface area (Å²) >= 11 is 4.39. The molecule has 4 amide bonds. The molecule has 0 spiro atoms. The Morgan fingerprint density at radius 3 is 2.44 bits per heavy atom. The van der Waals surface area contributed by atoms with E-state index in [-0.39, 0.29) is 24.5 Å². The molecule has 4 N–H and O–H groups in total. The van der Waals surface area contributed by atoms with Gasteiger partial charge in [-0.2, -0.15) is 22.0 Å². The molecule has 0 saturated carbocycles. The van der Waals surface area contributed by atoms with Gasteiger partial charge in [0.1, 0.15) is 30.3 Å². The molecule has 0 bridgehead atoms. The van der Waals surface area contributed by atoms with Crippen molar-refractivity contribution in [3.63, 3.8) is 0 Å². The van der Waals surface area contributed by atoms with Gasteiger partial charge >= 0.3 is 18.2 Å². The number of benzene rings is 1. The third kappa shape index (κ3) is 8.38. The Hall–Kier alpha value is -3.74. The van der Waals surface area contributed by atoms with Crippen molar-refractivity contribution in [2.24, 2.45) is 4.36 Å². The lowest BCUT2D eigenvalue weighted by molar-refractivity contribution is -0.278. The molecule has 41 heavy (non-hydrogen) atoms. The third-order valence-electron chi connectivity index (χ3n) is 5.60. The van der Waals surface area contributed by atoms with Gasteiger partial charge in [-0.1, -0.05) is 0 Å². The summed E-state index contributed by atoms with van der Waals surface area (Å²) in [6.07, 6.45) is -8.16. The summed E-state index contributed by atoms with van der Waals surface area (Å²) in [6.45, 7) is -1.13. The minimum absolute atomic E-state index is 0.0422. The zero-order chi connectivity index (χ0) is 31.2. The van der Waals surface area contributed by atoms with Crippen LogP contribution in [0.3, 0.4) is 0 Å². The fraction of sp³-hybridized carbons (Fsp3) is 0.545. The highest BCUT2D eigenvalue weighted by Gasteiger charge is 2.58. The van der Waals surface area contributed by atoms with Gasteiger partial charge in [-0.15, -0.1) is 0 Å². The molecule has 19 heteroatoms. The van der Waals surface area contributed by atoms with Crippen molar-refractivity contribution in [1.29, 1.82) is 0 Å². The SMILES string of the molecule is C[C@H]1Oc2ccc(F)cc2N(CCOC(=O)NCCN=S)C(=O)[C@H]1NC(=O)C(C)(O)C(=O)NCC(F)(F)C(F)(F)F. The molecule has 228 valence electrons. The number of alkyl carbamates (subject to hydrolysis) is 1. The quantitative estimate of drug-likeness (QED) is 0.162. The third-order valence-corrected chi connectivity index (χ3v) is 5.79. The van der Waals surface area contributed by atoms with Crippen LogP contribution >= 0.6 is 0 Å². The van der Waals surface area contributed by atoms with E-state index >= 15 is 0 Å². The van der Waals surface area contributed by atoms with Crippen molar-refractivity contribution in [1.82, 2.24) is 16.0 Å². The average molecular weight is 618 g/mol. The molecule has 0 aromatic heterocycles. The fourth-order valence-electron chi connectivity index (χ4n) is 3.30. The monoisotopic (exact) mass is 617 g/mol. The number of fused-ring (bicyclic) bond motifs is 1. The first-order chi connectivity index (χ1) is 18.9. The number of anilines is 1. The standard InChI is InChI=1S/C22H25F6N5O7S/c1-11-15(32-18(36)20(2,38)17(35)30-10-21(24,25)22(26,27)28)16(34)33(7-8-39-19(37)29-5-6-31-41)13-9-12(23)3-4-14(13)40-11/h3-4,9,11,15,38H,5-8,10H2,1-2H3,(H,29,37)(H,30,35)(H,32,36)/t11-,15+,20?/m1/s1. The van der Waals surface area contributed by atoms with E-state index in [1.807, 2.05) is 5.32 Å². The molecular formula is C22H25F6N5O7S. The van der Waals surface area contributed by atoms with Crippen molar-refractivity contribution in [3.05, 3.63) is 24.0 Å². The number of aliphatic hydroxyl groups is 1. The number of ether oxygens (including phenoxy) is 2. The maximum absolute atomic E-state index is 14.1. The van der Waals surface area contributed by atoms with Gasteiger partial charge in [0.25, 0.3) is 17.7 Å². The maximum Gasteiger partial charge on any atom is 0.455 e. The van der Waals surface area contributed by atoms with Crippen molar-refractivity contribution >= 4 is 41.9 Å². The first-order valence-corrected chi connectivity index (χ1v) is 12.0. The summed E-state index contributed by atoms with van der Waals surface area (Å²) in [6, 6.07) is 1.38. The maximum atomic E-state index is 14.1. The lowest BCUT2D eigenvalue weighted by atomic mass is 10.0. The largest absolute Gasteiger partial charge is 0.486 e. The number of halogens is 6. The van der Waals surface area contributed by atoms with Gasteiger partial charge in [-0.05, 0) is 26.0 Å². The summed E-state index contributed by atoms with van der Waals surface area (Å²) in [5.74, 6) is -10.8. The number of hydrogen-bond donors (Lipinski definition) is 4. The van der Waals surface area contributed by atoms with Gasteiger partial charge in [0.15, 0.2) is 0 Å². The molecule has 0 radical (unpaired) electrons. The highest BCUT2D eigenvalue weighted by Crippen LogP contribution is 2.35.